The van der Waals surface area contributed by atoms with E-state index < -0.39 is 0 Å². The fraction of sp³-hybridized carbons (Fsp3) is 0.500. The molecule has 1 rings (SSSR count). The Hall–Kier alpha value is -1.31. The van der Waals surface area contributed by atoms with E-state index >= 15 is 0 Å². The smallest absolute Gasteiger partial charge is 0.140 e. The van der Waals surface area contributed by atoms with Crippen molar-refractivity contribution in [2.45, 2.75) is 33.1 Å². The van der Waals surface area contributed by atoms with Crippen LogP contribution in [-0.4, -0.2) is 12.9 Å². The Morgan fingerprint density at radius 1 is 1.25 bits per heavy atom. The second kappa shape index (κ2) is 5.69. The van der Waals surface area contributed by atoms with E-state index in [4.69, 9.17) is 4.74 Å². The molecular weight excluding hydrogens is 200 g/mol. The summed E-state index contributed by atoms with van der Waals surface area (Å²) in [5, 5.41) is 0. The summed E-state index contributed by atoms with van der Waals surface area (Å²) in [7, 11) is 1.64. The van der Waals surface area contributed by atoms with E-state index in [0.29, 0.717) is 18.1 Å². The molecular formula is C14H20O2. The number of Topliss-reactive ketones (excluding diaryl/α,β-unsaturated/α-hetero) is 1. The van der Waals surface area contributed by atoms with Crippen molar-refractivity contribution in [3.8, 4) is 5.75 Å². The minimum atomic E-state index is 0.0101. The molecule has 0 spiro atoms. The number of hydrogen-bond acceptors (Lipinski definition) is 2. The first-order chi connectivity index (χ1) is 7.60. The Morgan fingerprint density at radius 3 is 2.19 bits per heavy atom. The monoisotopic (exact) mass is 220 g/mol. The minimum absolute atomic E-state index is 0.0101. The summed E-state index contributed by atoms with van der Waals surface area (Å²) in [5.41, 5.74) is 1.09. The van der Waals surface area contributed by atoms with Gasteiger partial charge in [0, 0.05) is 12.3 Å². The van der Waals surface area contributed by atoms with E-state index in [-0.39, 0.29) is 5.92 Å². The van der Waals surface area contributed by atoms with Crippen molar-refractivity contribution in [2.75, 3.05) is 7.11 Å². The molecule has 0 amide bonds. The van der Waals surface area contributed by atoms with E-state index in [0.717, 1.165) is 11.3 Å². The summed E-state index contributed by atoms with van der Waals surface area (Å²) in [6.07, 6.45) is 0.592. The fourth-order valence-electron chi connectivity index (χ4n) is 1.97. The van der Waals surface area contributed by atoms with Crippen LogP contribution in [0.4, 0.5) is 0 Å². The standard InChI is InChI=1S/C14H20O2/c1-5-13(15)14(10(2)3)11-6-8-12(16-4)9-7-11/h6-10,14H,5H2,1-4H3/t14-/m0/s1. The third kappa shape index (κ3) is 2.84. The molecule has 0 saturated heterocycles. The van der Waals surface area contributed by atoms with Gasteiger partial charge in [-0.3, -0.25) is 4.79 Å². The van der Waals surface area contributed by atoms with Gasteiger partial charge in [-0.25, -0.2) is 0 Å². The van der Waals surface area contributed by atoms with Crippen LogP contribution in [0.2, 0.25) is 0 Å². The molecule has 0 fully saturated rings. The summed E-state index contributed by atoms with van der Waals surface area (Å²) in [6.45, 7) is 6.09. The lowest BCUT2D eigenvalue weighted by Crippen LogP contribution is -2.17. The molecule has 0 bridgehead atoms. The molecule has 2 heteroatoms. The third-order valence-electron chi connectivity index (χ3n) is 2.84. The fourth-order valence-corrected chi connectivity index (χ4v) is 1.97. The van der Waals surface area contributed by atoms with E-state index in [2.05, 4.69) is 13.8 Å². The van der Waals surface area contributed by atoms with Crippen LogP contribution < -0.4 is 4.74 Å². The topological polar surface area (TPSA) is 26.3 Å². The first-order valence-corrected chi connectivity index (χ1v) is 5.76. The number of ketones is 1. The average Bonchev–Trinajstić information content (AvgIpc) is 2.29. The van der Waals surface area contributed by atoms with E-state index in [1.807, 2.05) is 31.2 Å². The highest BCUT2D eigenvalue weighted by Crippen LogP contribution is 2.27. The summed E-state index contributed by atoms with van der Waals surface area (Å²) in [6, 6.07) is 7.79. The van der Waals surface area contributed by atoms with Gasteiger partial charge in [0.2, 0.25) is 0 Å². The van der Waals surface area contributed by atoms with Crippen molar-refractivity contribution < 1.29 is 9.53 Å². The van der Waals surface area contributed by atoms with Crippen molar-refractivity contribution in [2.24, 2.45) is 5.92 Å². The highest BCUT2D eigenvalue weighted by Gasteiger charge is 2.22. The normalized spacial score (nSPS) is 12.6. The van der Waals surface area contributed by atoms with Crippen LogP contribution in [-0.2, 0) is 4.79 Å². The summed E-state index contributed by atoms with van der Waals surface area (Å²) in [4.78, 5) is 11.9. The van der Waals surface area contributed by atoms with Gasteiger partial charge in [-0.2, -0.15) is 0 Å². The molecule has 0 N–H and O–H groups in total. The largest absolute Gasteiger partial charge is 0.497 e. The summed E-state index contributed by atoms with van der Waals surface area (Å²) < 4.78 is 5.11. The molecule has 0 unspecified atom stereocenters. The van der Waals surface area contributed by atoms with Gasteiger partial charge < -0.3 is 4.74 Å². The Balaban J connectivity index is 2.97. The number of rotatable bonds is 5. The zero-order valence-corrected chi connectivity index (χ0v) is 10.5. The van der Waals surface area contributed by atoms with Crippen LogP contribution in [0, 0.1) is 5.92 Å². The molecule has 0 saturated carbocycles. The number of methoxy groups -OCH3 is 1. The minimum Gasteiger partial charge on any atom is -0.497 e. The van der Waals surface area contributed by atoms with Crippen molar-refractivity contribution >= 4 is 5.78 Å². The van der Waals surface area contributed by atoms with Crippen LogP contribution >= 0.6 is 0 Å². The number of carbonyl (C=O) groups is 1. The SMILES string of the molecule is CCC(=O)[C@H](c1ccc(OC)cc1)C(C)C. The van der Waals surface area contributed by atoms with Crippen LogP contribution in [0.5, 0.6) is 5.75 Å². The Bertz CT molecular complexity index is 338. The van der Waals surface area contributed by atoms with Crippen LogP contribution in [0.15, 0.2) is 24.3 Å². The van der Waals surface area contributed by atoms with Gasteiger partial charge in [-0.1, -0.05) is 32.9 Å². The zero-order chi connectivity index (χ0) is 12.1. The van der Waals surface area contributed by atoms with Gasteiger partial charge >= 0.3 is 0 Å². The van der Waals surface area contributed by atoms with Gasteiger partial charge in [0.1, 0.15) is 11.5 Å². The molecule has 0 aliphatic rings. The van der Waals surface area contributed by atoms with Crippen molar-refractivity contribution in [1.82, 2.24) is 0 Å². The summed E-state index contributed by atoms with van der Waals surface area (Å²) >= 11 is 0. The number of benzene rings is 1. The number of ether oxygens (including phenoxy) is 1. The molecule has 88 valence electrons. The highest BCUT2D eigenvalue weighted by atomic mass is 16.5. The molecule has 1 aromatic rings. The average molecular weight is 220 g/mol. The van der Waals surface area contributed by atoms with Gasteiger partial charge in [-0.15, -0.1) is 0 Å². The molecule has 2 nitrogen and oxygen atoms in total. The summed E-state index contributed by atoms with van der Waals surface area (Å²) in [5.74, 6) is 1.48. The predicted octanol–water partition coefficient (Wildman–Crippen LogP) is 3.41. The Morgan fingerprint density at radius 2 is 1.81 bits per heavy atom. The molecule has 0 heterocycles. The molecule has 0 aromatic heterocycles. The first-order valence-electron chi connectivity index (χ1n) is 5.76. The van der Waals surface area contributed by atoms with Gasteiger partial charge in [0.15, 0.2) is 0 Å². The van der Waals surface area contributed by atoms with Crippen LogP contribution in [0.1, 0.15) is 38.7 Å². The van der Waals surface area contributed by atoms with E-state index in [9.17, 15) is 4.79 Å². The van der Waals surface area contributed by atoms with Crippen LogP contribution in [0.25, 0.3) is 0 Å². The van der Waals surface area contributed by atoms with Gasteiger partial charge in [0.05, 0.1) is 7.11 Å². The lowest BCUT2D eigenvalue weighted by molar-refractivity contribution is -0.121. The maximum absolute atomic E-state index is 11.9. The quantitative estimate of drug-likeness (QED) is 0.760. The second-order valence-electron chi connectivity index (χ2n) is 4.31. The van der Waals surface area contributed by atoms with Gasteiger partial charge in [-0.05, 0) is 23.6 Å². The predicted molar refractivity (Wildman–Crippen MR) is 65.9 cm³/mol. The molecule has 1 aromatic carbocycles. The van der Waals surface area contributed by atoms with Crippen molar-refractivity contribution in [3.63, 3.8) is 0 Å². The molecule has 1 atom stereocenters. The third-order valence-corrected chi connectivity index (χ3v) is 2.84. The van der Waals surface area contributed by atoms with Crippen molar-refractivity contribution in [1.29, 1.82) is 0 Å². The molecule has 0 aliphatic heterocycles. The second-order valence-corrected chi connectivity index (χ2v) is 4.31. The molecule has 0 aliphatic carbocycles. The molecule has 16 heavy (non-hydrogen) atoms. The van der Waals surface area contributed by atoms with E-state index in [1.54, 1.807) is 7.11 Å². The van der Waals surface area contributed by atoms with Crippen molar-refractivity contribution in [3.05, 3.63) is 29.8 Å². The number of hydrogen-bond donors (Lipinski definition) is 0. The molecule has 0 radical (unpaired) electrons. The lowest BCUT2D eigenvalue weighted by Gasteiger charge is -2.19. The first kappa shape index (κ1) is 12.8. The van der Waals surface area contributed by atoms with Gasteiger partial charge in [0.25, 0.3) is 0 Å². The van der Waals surface area contributed by atoms with Crippen LogP contribution in [0.3, 0.4) is 0 Å². The lowest BCUT2D eigenvalue weighted by atomic mass is 9.84. The Labute approximate surface area is 97.6 Å². The maximum Gasteiger partial charge on any atom is 0.140 e. The van der Waals surface area contributed by atoms with E-state index in [1.165, 1.54) is 0 Å². The maximum atomic E-state index is 11.9. The number of carbonyl (C=O) groups excluding carboxylic acids is 1. The zero-order valence-electron chi connectivity index (χ0n) is 10.5. The highest BCUT2D eigenvalue weighted by molar-refractivity contribution is 5.85. The Kier molecular flexibility index (Phi) is 4.53.